The number of fused-ring (bicyclic) bond motifs is 3. The van der Waals surface area contributed by atoms with Gasteiger partial charge in [-0.2, -0.15) is 9.61 Å². The van der Waals surface area contributed by atoms with E-state index in [0.29, 0.717) is 46.5 Å². The Morgan fingerprint density at radius 1 is 1.32 bits per heavy atom. The normalized spacial score (nSPS) is 18.9. The molecular formula is C20H27N9O2. The molecule has 31 heavy (non-hydrogen) atoms. The number of anilines is 5. The molecule has 1 aliphatic heterocycles. The van der Waals surface area contributed by atoms with E-state index in [1.807, 2.05) is 26.0 Å². The summed E-state index contributed by atoms with van der Waals surface area (Å²) in [5.41, 5.74) is 9.80. The molecule has 164 valence electrons. The van der Waals surface area contributed by atoms with E-state index in [1.54, 1.807) is 24.7 Å². The Hall–Kier alpha value is -3.57. The monoisotopic (exact) mass is 425 g/mol. The molecule has 2 aromatic heterocycles. The molecule has 4 rings (SSSR count). The van der Waals surface area contributed by atoms with Crippen LogP contribution in [0.15, 0.2) is 24.4 Å². The van der Waals surface area contributed by atoms with Gasteiger partial charge in [-0.15, -0.1) is 0 Å². The highest BCUT2D eigenvalue weighted by Crippen LogP contribution is 2.34. The second-order valence-corrected chi connectivity index (χ2v) is 7.66. The first kappa shape index (κ1) is 20.7. The van der Waals surface area contributed by atoms with E-state index in [0.717, 1.165) is 5.56 Å². The Balaban J connectivity index is 1.92. The van der Waals surface area contributed by atoms with E-state index in [4.69, 9.17) is 16.3 Å². The van der Waals surface area contributed by atoms with E-state index in [1.165, 1.54) is 11.2 Å². The molecule has 1 aliphatic rings. The maximum Gasteiger partial charge on any atom is 0.257 e. The topological polar surface area (TPSA) is 148 Å². The number of carbonyl (C=O) groups is 1. The van der Waals surface area contributed by atoms with Crippen molar-refractivity contribution in [3.8, 4) is 0 Å². The van der Waals surface area contributed by atoms with E-state index in [-0.39, 0.29) is 18.1 Å². The van der Waals surface area contributed by atoms with Gasteiger partial charge < -0.3 is 31.4 Å². The van der Waals surface area contributed by atoms with Gasteiger partial charge in [0, 0.05) is 20.2 Å². The summed E-state index contributed by atoms with van der Waals surface area (Å²) in [7, 11) is 3.50. The predicted molar refractivity (Wildman–Crippen MR) is 120 cm³/mol. The van der Waals surface area contributed by atoms with Crippen LogP contribution in [0.3, 0.4) is 0 Å². The summed E-state index contributed by atoms with van der Waals surface area (Å²) >= 11 is 0. The molecule has 11 nitrogen and oxygen atoms in total. The maximum atomic E-state index is 12.9. The van der Waals surface area contributed by atoms with Gasteiger partial charge in [0.25, 0.3) is 5.91 Å². The largest absolute Gasteiger partial charge is 0.395 e. The molecule has 1 aromatic carbocycles. The van der Waals surface area contributed by atoms with Gasteiger partial charge in [0.15, 0.2) is 5.65 Å². The number of benzene rings is 1. The number of hydrogen-bond donors (Lipinski definition) is 5. The summed E-state index contributed by atoms with van der Waals surface area (Å²) in [6.45, 7) is 4.13. The summed E-state index contributed by atoms with van der Waals surface area (Å²) in [5.74, 6) is 6.89. The maximum absolute atomic E-state index is 12.9. The van der Waals surface area contributed by atoms with Crippen LogP contribution in [0, 0.1) is 0 Å². The van der Waals surface area contributed by atoms with Crippen molar-refractivity contribution in [2.24, 2.45) is 5.84 Å². The molecule has 1 amide bonds. The summed E-state index contributed by atoms with van der Waals surface area (Å²) < 4.78 is 7.59. The number of hydrazine groups is 1. The van der Waals surface area contributed by atoms with E-state index in [9.17, 15) is 4.79 Å². The Bertz CT molecular complexity index is 1140. The average molecular weight is 425 g/mol. The van der Waals surface area contributed by atoms with Crippen molar-refractivity contribution >= 4 is 40.3 Å². The standard InChI is InChI=1S/C20H27N9O2/c1-10-11(2)31-9-12-5-14(18(21)15(6-12)28(4)22)26-16-7-17(23-3)29-19(27-16)13(8-24-29)20(30)25-10/h5-8,10-11,23H,9,21-22H2,1-4H3,(H,25,30)(H,26,27)/t10?,11-/m1/s1. The van der Waals surface area contributed by atoms with Gasteiger partial charge in [-0.25, -0.2) is 10.8 Å². The van der Waals surface area contributed by atoms with Crippen molar-refractivity contribution in [1.29, 1.82) is 0 Å². The van der Waals surface area contributed by atoms with Crippen molar-refractivity contribution in [3.63, 3.8) is 0 Å². The minimum Gasteiger partial charge on any atom is -0.395 e. The lowest BCUT2D eigenvalue weighted by molar-refractivity contribution is 0.0303. The number of amides is 1. The fourth-order valence-corrected chi connectivity index (χ4v) is 3.45. The van der Waals surface area contributed by atoms with Crippen LogP contribution >= 0.6 is 0 Å². The van der Waals surface area contributed by atoms with Crippen LogP contribution < -0.4 is 32.5 Å². The fourth-order valence-electron chi connectivity index (χ4n) is 3.45. The lowest BCUT2D eigenvalue weighted by Gasteiger charge is -2.24. The molecule has 0 spiro atoms. The van der Waals surface area contributed by atoms with Crippen LogP contribution in [0.25, 0.3) is 5.65 Å². The number of aromatic nitrogens is 3. The zero-order valence-corrected chi connectivity index (χ0v) is 17.9. The summed E-state index contributed by atoms with van der Waals surface area (Å²) in [5, 5.41) is 15.1. The van der Waals surface area contributed by atoms with Crippen molar-refractivity contribution in [2.45, 2.75) is 32.6 Å². The molecule has 11 heteroatoms. The molecule has 2 atom stereocenters. The van der Waals surface area contributed by atoms with Gasteiger partial charge >= 0.3 is 0 Å². The number of ether oxygens (including phenoxy) is 1. The number of nitrogen functional groups attached to an aromatic ring is 1. The van der Waals surface area contributed by atoms with Crippen molar-refractivity contribution in [1.82, 2.24) is 19.9 Å². The van der Waals surface area contributed by atoms with E-state index < -0.39 is 0 Å². The molecule has 0 radical (unpaired) electrons. The first-order valence-electron chi connectivity index (χ1n) is 9.95. The van der Waals surface area contributed by atoms with E-state index >= 15 is 0 Å². The molecular weight excluding hydrogens is 398 g/mol. The fraction of sp³-hybridized carbons (Fsp3) is 0.350. The zero-order valence-electron chi connectivity index (χ0n) is 17.9. The van der Waals surface area contributed by atoms with Crippen LogP contribution in [0.4, 0.5) is 28.7 Å². The SMILES string of the molecule is CNc1cc2nc3c(cnn13)C(=O)NC(C)[C@@H](C)OCc1cc(c(N)c(N(C)N)c1)N2. The Morgan fingerprint density at radius 2 is 2.10 bits per heavy atom. The Morgan fingerprint density at radius 3 is 2.81 bits per heavy atom. The average Bonchev–Trinajstić information content (AvgIpc) is 3.16. The highest BCUT2D eigenvalue weighted by Gasteiger charge is 2.22. The van der Waals surface area contributed by atoms with Crippen molar-refractivity contribution in [2.75, 3.05) is 35.5 Å². The van der Waals surface area contributed by atoms with Crippen LogP contribution in [0.2, 0.25) is 0 Å². The first-order chi connectivity index (χ1) is 14.8. The zero-order chi connectivity index (χ0) is 22.3. The van der Waals surface area contributed by atoms with Gasteiger partial charge in [0.05, 0.1) is 42.0 Å². The molecule has 0 aliphatic carbocycles. The Kier molecular flexibility index (Phi) is 5.29. The van der Waals surface area contributed by atoms with Crippen LogP contribution in [0.5, 0.6) is 0 Å². The predicted octanol–water partition coefficient (Wildman–Crippen LogP) is 1.44. The molecule has 3 heterocycles. The third-order valence-electron chi connectivity index (χ3n) is 5.41. The lowest BCUT2D eigenvalue weighted by atomic mass is 10.1. The van der Waals surface area contributed by atoms with Gasteiger partial charge in [-0.1, -0.05) is 0 Å². The van der Waals surface area contributed by atoms with Crippen molar-refractivity contribution in [3.05, 3.63) is 35.5 Å². The molecule has 0 saturated carbocycles. The quantitative estimate of drug-likeness (QED) is 0.234. The number of hydrogen-bond acceptors (Lipinski definition) is 9. The first-order valence-corrected chi connectivity index (χ1v) is 9.95. The van der Waals surface area contributed by atoms with Crippen LogP contribution in [-0.4, -0.2) is 46.7 Å². The number of carbonyl (C=O) groups excluding carboxylic acids is 1. The molecule has 7 N–H and O–H groups in total. The minimum absolute atomic E-state index is 0.236. The van der Waals surface area contributed by atoms with Crippen LogP contribution in [-0.2, 0) is 11.3 Å². The minimum atomic E-state index is -0.271. The molecule has 1 unspecified atom stereocenters. The van der Waals surface area contributed by atoms with Crippen molar-refractivity contribution < 1.29 is 9.53 Å². The lowest BCUT2D eigenvalue weighted by Crippen LogP contribution is -2.41. The second-order valence-electron chi connectivity index (χ2n) is 7.66. The van der Waals surface area contributed by atoms with Gasteiger partial charge in [0.2, 0.25) is 0 Å². The summed E-state index contributed by atoms with van der Waals surface area (Å²) in [6, 6.07) is 5.34. The second kappa shape index (κ2) is 7.93. The van der Waals surface area contributed by atoms with Crippen LogP contribution in [0.1, 0.15) is 29.8 Å². The molecule has 4 bridgehead atoms. The van der Waals surface area contributed by atoms with E-state index in [2.05, 4.69) is 26.0 Å². The summed E-state index contributed by atoms with van der Waals surface area (Å²) in [6.07, 6.45) is 1.27. The van der Waals surface area contributed by atoms with Gasteiger partial charge in [0.1, 0.15) is 17.2 Å². The third-order valence-corrected chi connectivity index (χ3v) is 5.41. The third kappa shape index (κ3) is 3.80. The highest BCUT2D eigenvalue weighted by atomic mass is 16.5. The molecule has 0 saturated heterocycles. The smallest absolute Gasteiger partial charge is 0.257 e. The van der Waals surface area contributed by atoms with Gasteiger partial charge in [-0.3, -0.25) is 4.79 Å². The summed E-state index contributed by atoms with van der Waals surface area (Å²) in [4.78, 5) is 17.5. The number of rotatable bonds is 2. The molecule has 3 aromatic rings. The highest BCUT2D eigenvalue weighted by molar-refractivity contribution is 6.00. The van der Waals surface area contributed by atoms with Gasteiger partial charge in [-0.05, 0) is 31.5 Å². The number of nitrogens with two attached hydrogens (primary N) is 2. The Labute approximate surface area is 179 Å². The number of nitrogens with zero attached hydrogens (tertiary/aromatic N) is 4. The molecule has 0 fully saturated rings. The number of nitrogens with one attached hydrogen (secondary N) is 3.